The maximum atomic E-state index is 15.1. The fraction of sp³-hybridized carbons (Fsp3) is 0.400. The number of aliphatic hydroxyl groups excluding tert-OH is 1. The van der Waals surface area contributed by atoms with Crippen LogP contribution in [0.2, 0.25) is 0 Å². The van der Waals surface area contributed by atoms with Crippen LogP contribution in [0.5, 0.6) is 5.75 Å². The lowest BCUT2D eigenvalue weighted by molar-refractivity contribution is -0.139. The Kier molecular flexibility index (Phi) is 10.9. The molecule has 1 aliphatic rings. The molecule has 40 heavy (non-hydrogen) atoms. The number of esters is 1. The molecule has 4 nitrogen and oxygen atoms in total. The van der Waals surface area contributed by atoms with Gasteiger partial charge in [-0.3, -0.25) is 0 Å². The first-order valence-corrected chi connectivity index (χ1v) is 14.5. The van der Waals surface area contributed by atoms with Crippen LogP contribution in [0, 0.1) is 5.82 Å². The number of aryl methyl sites for hydroxylation is 3. The molecule has 0 atom stereocenters. The minimum atomic E-state index is -0.414. The first kappa shape index (κ1) is 29.5. The van der Waals surface area contributed by atoms with Crippen molar-refractivity contribution in [2.45, 2.75) is 70.6 Å². The number of hydrogen-bond acceptors (Lipinski definition) is 4. The predicted molar refractivity (Wildman–Crippen MR) is 158 cm³/mol. The number of rotatable bonds is 13. The number of aliphatic hydroxyl groups is 1. The van der Waals surface area contributed by atoms with Crippen LogP contribution in [-0.4, -0.2) is 30.9 Å². The second-order valence-corrected chi connectivity index (χ2v) is 10.8. The van der Waals surface area contributed by atoms with E-state index in [0.29, 0.717) is 29.9 Å². The highest BCUT2D eigenvalue weighted by Crippen LogP contribution is 2.35. The van der Waals surface area contributed by atoms with Crippen molar-refractivity contribution >= 4 is 5.97 Å². The number of halogens is 1. The zero-order chi connectivity index (χ0) is 28.3. The Hall–Kier alpha value is -3.44. The molecule has 1 aliphatic carbocycles. The second-order valence-electron chi connectivity index (χ2n) is 10.8. The topological polar surface area (TPSA) is 55.8 Å². The Bertz CT molecular complexity index is 1280. The number of carbonyl (C=O) groups is 1. The van der Waals surface area contributed by atoms with E-state index in [0.717, 1.165) is 40.8 Å². The monoisotopic (exact) mass is 544 g/mol. The van der Waals surface area contributed by atoms with Crippen LogP contribution < -0.4 is 4.74 Å². The van der Waals surface area contributed by atoms with Crippen LogP contribution in [0.15, 0.2) is 72.8 Å². The molecule has 3 aromatic rings. The van der Waals surface area contributed by atoms with Gasteiger partial charge in [-0.05, 0) is 91.3 Å². The maximum absolute atomic E-state index is 15.1. The highest BCUT2D eigenvalue weighted by molar-refractivity contribution is 5.86. The molecule has 1 saturated carbocycles. The summed E-state index contributed by atoms with van der Waals surface area (Å²) in [6.45, 7) is 5.84. The SMILES string of the molecule is C=C(C)C(=O)OCCOc1cc(C2CCCCC2)ccc1CCc1ccc(-c2ccc(CCCO)cc2)c(F)c1. The van der Waals surface area contributed by atoms with Crippen molar-refractivity contribution in [1.29, 1.82) is 0 Å². The maximum Gasteiger partial charge on any atom is 0.333 e. The first-order chi connectivity index (χ1) is 19.4. The molecule has 212 valence electrons. The summed E-state index contributed by atoms with van der Waals surface area (Å²) in [5, 5.41) is 9.03. The van der Waals surface area contributed by atoms with Gasteiger partial charge in [-0.15, -0.1) is 0 Å². The van der Waals surface area contributed by atoms with Crippen molar-refractivity contribution in [1.82, 2.24) is 0 Å². The van der Waals surface area contributed by atoms with Gasteiger partial charge in [0.05, 0.1) is 0 Å². The van der Waals surface area contributed by atoms with Gasteiger partial charge >= 0.3 is 5.97 Å². The minimum absolute atomic E-state index is 0.161. The molecule has 0 aromatic heterocycles. The smallest absolute Gasteiger partial charge is 0.333 e. The summed E-state index contributed by atoms with van der Waals surface area (Å²) < 4.78 is 26.5. The Labute approximate surface area is 237 Å². The lowest BCUT2D eigenvalue weighted by atomic mass is 9.83. The zero-order valence-corrected chi connectivity index (χ0v) is 23.6. The fourth-order valence-corrected chi connectivity index (χ4v) is 5.37. The van der Waals surface area contributed by atoms with Crippen LogP contribution in [0.4, 0.5) is 4.39 Å². The quantitative estimate of drug-likeness (QED) is 0.136. The number of hydrogen-bond donors (Lipinski definition) is 1. The van der Waals surface area contributed by atoms with Crippen LogP contribution in [0.25, 0.3) is 11.1 Å². The summed E-state index contributed by atoms with van der Waals surface area (Å²) in [5.74, 6) is 0.719. The predicted octanol–water partition coefficient (Wildman–Crippen LogP) is 7.75. The standard InChI is InChI=1S/C35H41FO4/c1-25(2)35(38)40-22-21-39-34-24-31(28-8-4-3-5-9-28)18-17-30(34)16-12-27-13-19-32(33(36)23-27)29-14-10-26(11-15-29)7-6-20-37/h10-11,13-15,17-19,23-24,28,37H,1,3-9,12,16,20-22H2,2H3. The molecule has 0 saturated heterocycles. The molecule has 5 heteroatoms. The van der Waals surface area contributed by atoms with Crippen molar-refractivity contribution in [2.75, 3.05) is 19.8 Å². The molecule has 4 rings (SSSR count). The summed E-state index contributed by atoms with van der Waals surface area (Å²) in [4.78, 5) is 11.7. The molecule has 0 bridgehead atoms. The van der Waals surface area contributed by atoms with Crippen molar-refractivity contribution in [3.05, 3.63) is 101 Å². The first-order valence-electron chi connectivity index (χ1n) is 14.5. The summed E-state index contributed by atoms with van der Waals surface area (Å²) in [5.41, 5.74) is 6.23. The average molecular weight is 545 g/mol. The van der Waals surface area contributed by atoms with Crippen molar-refractivity contribution < 1.29 is 23.8 Å². The molecule has 1 N–H and O–H groups in total. The Balaban J connectivity index is 1.43. The minimum Gasteiger partial charge on any atom is -0.490 e. The Morgan fingerprint density at radius 2 is 1.68 bits per heavy atom. The fourth-order valence-electron chi connectivity index (χ4n) is 5.37. The van der Waals surface area contributed by atoms with Crippen LogP contribution in [0.1, 0.15) is 73.6 Å². The summed E-state index contributed by atoms with van der Waals surface area (Å²) in [7, 11) is 0. The van der Waals surface area contributed by atoms with E-state index < -0.39 is 5.97 Å². The molecule has 0 spiro atoms. The van der Waals surface area contributed by atoms with Crippen molar-refractivity contribution in [3.8, 4) is 16.9 Å². The van der Waals surface area contributed by atoms with E-state index >= 15 is 4.39 Å². The van der Waals surface area contributed by atoms with Gasteiger partial charge in [0, 0.05) is 17.7 Å². The van der Waals surface area contributed by atoms with Crippen molar-refractivity contribution in [2.24, 2.45) is 0 Å². The van der Waals surface area contributed by atoms with E-state index in [1.807, 2.05) is 36.4 Å². The molecule has 0 unspecified atom stereocenters. The molecular weight excluding hydrogens is 503 g/mol. The van der Waals surface area contributed by atoms with E-state index in [1.165, 1.54) is 37.7 Å². The highest BCUT2D eigenvalue weighted by Gasteiger charge is 2.18. The molecular formula is C35H41FO4. The van der Waals surface area contributed by atoms with Crippen molar-refractivity contribution in [3.63, 3.8) is 0 Å². The Morgan fingerprint density at radius 3 is 2.38 bits per heavy atom. The summed E-state index contributed by atoms with van der Waals surface area (Å²) >= 11 is 0. The molecule has 1 fully saturated rings. The number of carbonyl (C=O) groups excluding carboxylic acids is 1. The number of ether oxygens (including phenoxy) is 2. The van der Waals surface area contributed by atoms with E-state index in [-0.39, 0.29) is 25.6 Å². The van der Waals surface area contributed by atoms with Gasteiger partial charge in [0.25, 0.3) is 0 Å². The van der Waals surface area contributed by atoms with Gasteiger partial charge < -0.3 is 14.6 Å². The lowest BCUT2D eigenvalue weighted by Gasteiger charge is -2.23. The molecule has 0 aliphatic heterocycles. The third-order valence-electron chi connectivity index (χ3n) is 7.70. The van der Waals surface area contributed by atoms with E-state index in [9.17, 15) is 4.79 Å². The second kappa shape index (κ2) is 14.8. The summed E-state index contributed by atoms with van der Waals surface area (Å²) in [6, 6.07) is 19.9. The van der Waals surface area contributed by atoms with Gasteiger partial charge in [-0.1, -0.05) is 74.4 Å². The molecule has 3 aromatic carbocycles. The highest BCUT2D eigenvalue weighted by atomic mass is 19.1. The normalized spacial score (nSPS) is 13.7. The zero-order valence-electron chi connectivity index (χ0n) is 23.6. The van der Waals surface area contributed by atoms with Crippen LogP contribution in [0.3, 0.4) is 0 Å². The third kappa shape index (κ3) is 8.28. The van der Waals surface area contributed by atoms with E-state index in [2.05, 4.69) is 24.8 Å². The number of benzene rings is 3. The van der Waals surface area contributed by atoms with Crippen LogP contribution in [-0.2, 0) is 28.8 Å². The molecule has 0 radical (unpaired) electrons. The van der Waals surface area contributed by atoms with Gasteiger partial charge in [0.15, 0.2) is 0 Å². The largest absolute Gasteiger partial charge is 0.490 e. The van der Waals surface area contributed by atoms with Gasteiger partial charge in [-0.2, -0.15) is 0 Å². The van der Waals surface area contributed by atoms with Gasteiger partial charge in [-0.25, -0.2) is 9.18 Å². The average Bonchev–Trinajstić information content (AvgIpc) is 2.98. The molecule has 0 heterocycles. The van der Waals surface area contributed by atoms with E-state index in [4.69, 9.17) is 14.6 Å². The summed E-state index contributed by atoms with van der Waals surface area (Å²) in [6.07, 6.45) is 9.15. The van der Waals surface area contributed by atoms with Gasteiger partial charge in [0.1, 0.15) is 24.8 Å². The third-order valence-corrected chi connectivity index (χ3v) is 7.70. The van der Waals surface area contributed by atoms with E-state index in [1.54, 1.807) is 13.0 Å². The Morgan fingerprint density at radius 1 is 0.925 bits per heavy atom. The van der Waals surface area contributed by atoms with Crippen LogP contribution >= 0.6 is 0 Å². The lowest BCUT2D eigenvalue weighted by Crippen LogP contribution is -2.13. The molecule has 0 amide bonds. The van der Waals surface area contributed by atoms with Gasteiger partial charge in [0.2, 0.25) is 0 Å².